The van der Waals surface area contributed by atoms with Gasteiger partial charge < -0.3 is 26.0 Å². The zero-order valence-corrected chi connectivity index (χ0v) is 23.1. The Morgan fingerprint density at radius 2 is 1.81 bits per heavy atom. The van der Waals surface area contributed by atoms with Crippen LogP contribution in [0.4, 0.5) is 18.9 Å². The number of aromatic nitrogens is 2. The summed E-state index contributed by atoms with van der Waals surface area (Å²) < 4.78 is 47.7. The smallest absolute Gasteiger partial charge is 0.435 e. The van der Waals surface area contributed by atoms with Crippen molar-refractivity contribution in [1.29, 1.82) is 0 Å². The Bertz CT molecular complexity index is 1430. The van der Waals surface area contributed by atoms with E-state index in [0.717, 1.165) is 11.6 Å². The lowest BCUT2D eigenvalue weighted by molar-refractivity contribution is -0.150. The van der Waals surface area contributed by atoms with E-state index in [1.54, 1.807) is 13.8 Å². The van der Waals surface area contributed by atoms with Gasteiger partial charge >= 0.3 is 24.1 Å². The molecule has 0 saturated heterocycles. The fourth-order valence-electron chi connectivity index (χ4n) is 4.92. The van der Waals surface area contributed by atoms with Crippen molar-refractivity contribution in [2.24, 2.45) is 11.1 Å². The minimum Gasteiger partial charge on any atom is -0.481 e. The number of carbonyl (C=O) groups excluding carboxylic acids is 3. The van der Waals surface area contributed by atoms with Gasteiger partial charge in [0.15, 0.2) is 17.0 Å². The number of halogens is 3. The first-order chi connectivity index (χ1) is 19.4. The number of nitrogens with two attached hydrogens (primary N) is 1. The van der Waals surface area contributed by atoms with Crippen molar-refractivity contribution in [2.75, 3.05) is 11.9 Å². The van der Waals surface area contributed by atoms with Crippen LogP contribution in [0.3, 0.4) is 0 Å². The molecule has 0 spiro atoms. The van der Waals surface area contributed by atoms with Crippen LogP contribution in [-0.2, 0) is 31.7 Å². The number of hydrogen-bond acceptors (Lipinski definition) is 8. The predicted octanol–water partition coefficient (Wildman–Crippen LogP) is 3.59. The fraction of sp³-hybridized carbons (Fsp3) is 0.481. The summed E-state index contributed by atoms with van der Waals surface area (Å²) in [6.45, 7) is 3.77. The lowest BCUT2D eigenvalue weighted by Gasteiger charge is -2.32. The Labute approximate surface area is 238 Å². The molecular formula is C27H31F3N4O8. The Kier molecular flexibility index (Phi) is 9.03. The third-order valence-corrected chi connectivity index (χ3v) is 6.88. The highest BCUT2D eigenvalue weighted by molar-refractivity contribution is 6.01. The number of benzene rings is 1. The molecule has 0 bridgehead atoms. The number of rotatable bonds is 12. The maximum Gasteiger partial charge on any atom is 0.435 e. The monoisotopic (exact) mass is 596 g/mol. The van der Waals surface area contributed by atoms with Crippen LogP contribution in [0.5, 0.6) is 0 Å². The van der Waals surface area contributed by atoms with Crippen LogP contribution in [0.15, 0.2) is 18.2 Å². The van der Waals surface area contributed by atoms with E-state index >= 15 is 0 Å². The first-order valence-electron chi connectivity index (χ1n) is 12.9. The van der Waals surface area contributed by atoms with Gasteiger partial charge in [-0.05, 0) is 49.3 Å². The van der Waals surface area contributed by atoms with Gasteiger partial charge in [-0.15, -0.1) is 0 Å². The molecule has 1 unspecified atom stereocenters. The number of ketones is 1. The number of amides is 1. The van der Waals surface area contributed by atoms with Crippen molar-refractivity contribution in [3.63, 3.8) is 0 Å². The third kappa shape index (κ3) is 7.06. The van der Waals surface area contributed by atoms with E-state index in [1.807, 2.05) is 0 Å². The van der Waals surface area contributed by atoms with Gasteiger partial charge in [-0.2, -0.15) is 18.3 Å². The molecule has 228 valence electrons. The molecular weight excluding hydrogens is 565 g/mol. The molecule has 1 aromatic heterocycles. The number of Topliss-reactive ketones (excluding diaryl/α,β-unsaturated/α-hetero) is 1. The second-order valence-electron chi connectivity index (χ2n) is 11.0. The quantitative estimate of drug-likeness (QED) is 0.208. The SMILES string of the molecule is CC(=O)OCC(CCCCC(=O)O)(Nc1cc(-n2nc(C(F)(F)F)c3c2CC(C)(C)CC3=O)ccc1C(N)=O)C(=O)O. The van der Waals surface area contributed by atoms with E-state index in [-0.39, 0.29) is 61.2 Å². The zero-order valence-electron chi connectivity index (χ0n) is 23.1. The average molecular weight is 597 g/mol. The largest absolute Gasteiger partial charge is 0.481 e. The summed E-state index contributed by atoms with van der Waals surface area (Å²) in [6, 6.07) is 3.59. The van der Waals surface area contributed by atoms with Gasteiger partial charge in [-0.1, -0.05) is 13.8 Å². The van der Waals surface area contributed by atoms with Crippen molar-refractivity contribution in [3.8, 4) is 5.69 Å². The first-order valence-corrected chi connectivity index (χ1v) is 12.9. The second kappa shape index (κ2) is 11.8. The molecule has 0 saturated carbocycles. The summed E-state index contributed by atoms with van der Waals surface area (Å²) >= 11 is 0. The molecule has 12 nitrogen and oxygen atoms in total. The van der Waals surface area contributed by atoms with Gasteiger partial charge in [0.2, 0.25) is 0 Å². The number of unbranched alkanes of at least 4 members (excludes halogenated alkanes) is 1. The molecule has 1 atom stereocenters. The summed E-state index contributed by atoms with van der Waals surface area (Å²) in [6.07, 6.45) is -5.39. The fourth-order valence-corrected chi connectivity index (χ4v) is 4.92. The van der Waals surface area contributed by atoms with E-state index in [1.165, 1.54) is 18.2 Å². The minimum atomic E-state index is -4.95. The molecule has 3 rings (SSSR count). The van der Waals surface area contributed by atoms with Crippen LogP contribution < -0.4 is 11.1 Å². The van der Waals surface area contributed by atoms with Gasteiger partial charge in [-0.25, -0.2) is 9.48 Å². The van der Waals surface area contributed by atoms with Crippen LogP contribution >= 0.6 is 0 Å². The topological polar surface area (TPSA) is 191 Å². The number of alkyl halides is 3. The summed E-state index contributed by atoms with van der Waals surface area (Å²) in [7, 11) is 0. The number of hydrogen-bond donors (Lipinski definition) is 4. The van der Waals surface area contributed by atoms with E-state index in [9.17, 15) is 42.3 Å². The second-order valence-corrected chi connectivity index (χ2v) is 11.0. The number of ether oxygens (including phenoxy) is 1. The number of esters is 1. The van der Waals surface area contributed by atoms with E-state index in [4.69, 9.17) is 15.6 Å². The summed E-state index contributed by atoms with van der Waals surface area (Å²) in [5.74, 6) is -5.15. The van der Waals surface area contributed by atoms with Gasteiger partial charge in [-0.3, -0.25) is 19.2 Å². The lowest BCUT2D eigenvalue weighted by Crippen LogP contribution is -2.51. The Morgan fingerprint density at radius 1 is 1.14 bits per heavy atom. The van der Waals surface area contributed by atoms with E-state index < -0.39 is 64.6 Å². The van der Waals surface area contributed by atoms with Crippen LogP contribution in [0.1, 0.15) is 85.0 Å². The molecule has 0 fully saturated rings. The van der Waals surface area contributed by atoms with Crippen molar-refractivity contribution in [3.05, 3.63) is 40.7 Å². The Hall–Kier alpha value is -4.43. The highest BCUT2D eigenvalue weighted by Gasteiger charge is 2.46. The predicted molar refractivity (Wildman–Crippen MR) is 140 cm³/mol. The standard InChI is InChI=1S/C27H31F3N4O8/c1-14(35)42-13-26(24(40)41,9-5-4-6-20(37)38)32-17-10-15(7-8-16(17)23(31)39)34-18-11-25(2,3)12-19(36)21(18)22(33-34)27(28,29)30/h7-8,10,32H,4-6,9,11-13H2,1-3H3,(H2,31,39)(H,37,38)(H,40,41). The molecule has 15 heteroatoms. The molecule has 1 amide bonds. The van der Waals surface area contributed by atoms with Crippen LogP contribution in [0, 0.1) is 5.41 Å². The van der Waals surface area contributed by atoms with Crippen molar-refractivity contribution in [1.82, 2.24) is 9.78 Å². The summed E-state index contributed by atoms with van der Waals surface area (Å²) in [5, 5.41) is 25.5. The maximum atomic E-state index is 13.9. The molecule has 1 aliphatic rings. The van der Waals surface area contributed by atoms with Crippen molar-refractivity contribution < 1.29 is 52.1 Å². The average Bonchev–Trinajstić information content (AvgIpc) is 3.23. The van der Waals surface area contributed by atoms with Gasteiger partial charge in [0.05, 0.1) is 28.2 Å². The van der Waals surface area contributed by atoms with Crippen molar-refractivity contribution >= 4 is 35.3 Å². The Balaban J connectivity index is 2.18. The number of carboxylic acids is 2. The van der Waals surface area contributed by atoms with Crippen molar-refractivity contribution in [2.45, 2.75) is 71.0 Å². The van der Waals surface area contributed by atoms with Gasteiger partial charge in [0.25, 0.3) is 5.91 Å². The maximum absolute atomic E-state index is 13.9. The number of nitrogens with one attached hydrogen (secondary N) is 1. The van der Waals surface area contributed by atoms with E-state index in [0.29, 0.717) is 0 Å². The van der Waals surface area contributed by atoms with Crippen LogP contribution in [0.2, 0.25) is 0 Å². The highest BCUT2D eigenvalue weighted by atomic mass is 19.4. The minimum absolute atomic E-state index is 0.000526. The Morgan fingerprint density at radius 3 is 2.36 bits per heavy atom. The van der Waals surface area contributed by atoms with Gasteiger partial charge in [0, 0.05) is 19.8 Å². The molecule has 42 heavy (non-hydrogen) atoms. The van der Waals surface area contributed by atoms with Crippen LogP contribution in [0.25, 0.3) is 5.69 Å². The molecule has 5 N–H and O–H groups in total. The number of fused-ring (bicyclic) bond motifs is 1. The number of primary amides is 1. The normalized spacial score (nSPS) is 15.8. The number of anilines is 1. The summed E-state index contributed by atoms with van der Waals surface area (Å²) in [5.41, 5.74) is 0.357. The molecule has 2 aromatic rings. The molecule has 0 radical (unpaired) electrons. The first kappa shape index (κ1) is 32.1. The molecule has 1 aliphatic carbocycles. The number of carbonyl (C=O) groups is 5. The third-order valence-electron chi connectivity index (χ3n) is 6.88. The number of carboxylic acid groups (broad SMARTS) is 2. The van der Waals surface area contributed by atoms with Crippen LogP contribution in [-0.4, -0.2) is 61.7 Å². The summed E-state index contributed by atoms with van der Waals surface area (Å²) in [4.78, 5) is 60.2. The molecule has 1 heterocycles. The highest BCUT2D eigenvalue weighted by Crippen LogP contribution is 2.42. The molecule has 1 aromatic carbocycles. The number of nitrogens with zero attached hydrogens (tertiary/aromatic N) is 2. The molecule has 0 aliphatic heterocycles. The van der Waals surface area contributed by atoms with E-state index in [2.05, 4.69) is 10.4 Å². The number of aliphatic carboxylic acids is 2. The van der Waals surface area contributed by atoms with Gasteiger partial charge in [0.1, 0.15) is 6.61 Å². The zero-order chi connectivity index (χ0) is 31.6. The lowest BCUT2D eigenvalue weighted by atomic mass is 9.75.